The van der Waals surface area contributed by atoms with Crippen molar-refractivity contribution in [1.82, 2.24) is 20.1 Å². The average Bonchev–Trinajstić information content (AvgIpc) is 2.63. The fourth-order valence-electron chi connectivity index (χ4n) is 1.52. The number of rotatable bonds is 8. The molecule has 0 aliphatic rings. The van der Waals surface area contributed by atoms with Gasteiger partial charge in [-0.25, -0.2) is 0 Å². The second-order valence-corrected chi connectivity index (χ2v) is 4.87. The van der Waals surface area contributed by atoms with Crippen molar-refractivity contribution in [2.45, 2.75) is 39.7 Å². The molecule has 5 nitrogen and oxygen atoms in total. The number of hydrogen-bond acceptors (Lipinski definition) is 4. The Kier molecular flexibility index (Phi) is 5.97. The van der Waals surface area contributed by atoms with E-state index in [1.807, 2.05) is 7.05 Å². The van der Waals surface area contributed by atoms with Crippen LogP contribution in [0.2, 0.25) is 0 Å². The van der Waals surface area contributed by atoms with Gasteiger partial charge in [-0.2, -0.15) is 4.98 Å². The monoisotopic (exact) mass is 240 g/mol. The lowest BCUT2D eigenvalue weighted by Gasteiger charge is -2.12. The number of hydrogen-bond donors (Lipinski definition) is 1. The average molecular weight is 240 g/mol. The number of aryl methyl sites for hydroxylation is 1. The van der Waals surface area contributed by atoms with Gasteiger partial charge in [-0.1, -0.05) is 13.8 Å². The molecule has 0 saturated carbocycles. The molecule has 0 saturated heterocycles. The third kappa shape index (κ3) is 6.26. The van der Waals surface area contributed by atoms with Crippen molar-refractivity contribution in [3.8, 4) is 6.01 Å². The van der Waals surface area contributed by atoms with Crippen LogP contribution in [0.15, 0.2) is 6.33 Å². The molecule has 0 amide bonds. The molecule has 0 aliphatic heterocycles. The van der Waals surface area contributed by atoms with Crippen LogP contribution in [-0.2, 0) is 7.05 Å². The Morgan fingerprint density at radius 2 is 2.18 bits per heavy atom. The number of nitrogens with one attached hydrogen (secondary N) is 1. The van der Waals surface area contributed by atoms with Crippen LogP contribution in [0.25, 0.3) is 0 Å². The van der Waals surface area contributed by atoms with Gasteiger partial charge >= 0.3 is 6.01 Å². The van der Waals surface area contributed by atoms with E-state index in [0.717, 1.165) is 25.9 Å². The first-order valence-electron chi connectivity index (χ1n) is 6.31. The SMILES string of the molecule is CC(C)CNCCCC(C)Oc1ncn(C)n1. The molecule has 17 heavy (non-hydrogen) atoms. The molecule has 1 aromatic heterocycles. The molecule has 0 radical (unpaired) electrons. The zero-order valence-electron chi connectivity index (χ0n) is 11.3. The van der Waals surface area contributed by atoms with Gasteiger partial charge in [0.25, 0.3) is 0 Å². The van der Waals surface area contributed by atoms with Gasteiger partial charge in [-0.05, 0) is 38.8 Å². The summed E-state index contributed by atoms with van der Waals surface area (Å²) in [6.45, 7) is 8.61. The van der Waals surface area contributed by atoms with Gasteiger partial charge in [0.1, 0.15) is 6.33 Å². The fourth-order valence-corrected chi connectivity index (χ4v) is 1.52. The fraction of sp³-hybridized carbons (Fsp3) is 0.833. The summed E-state index contributed by atoms with van der Waals surface area (Å²) in [5, 5.41) is 7.50. The van der Waals surface area contributed by atoms with Gasteiger partial charge in [0.05, 0.1) is 6.10 Å². The predicted molar refractivity (Wildman–Crippen MR) is 68.0 cm³/mol. The Morgan fingerprint density at radius 1 is 1.41 bits per heavy atom. The van der Waals surface area contributed by atoms with Crippen molar-refractivity contribution in [3.05, 3.63) is 6.33 Å². The molecule has 0 bridgehead atoms. The minimum Gasteiger partial charge on any atom is -0.459 e. The van der Waals surface area contributed by atoms with E-state index in [0.29, 0.717) is 11.9 Å². The number of ether oxygens (including phenoxy) is 1. The highest BCUT2D eigenvalue weighted by Gasteiger charge is 2.06. The smallest absolute Gasteiger partial charge is 0.335 e. The molecule has 1 rings (SSSR count). The first kappa shape index (κ1) is 14.0. The molecule has 98 valence electrons. The van der Waals surface area contributed by atoms with Crippen molar-refractivity contribution >= 4 is 0 Å². The molecular formula is C12H24N4O. The van der Waals surface area contributed by atoms with Crippen LogP contribution < -0.4 is 10.1 Å². The Morgan fingerprint density at radius 3 is 2.76 bits per heavy atom. The van der Waals surface area contributed by atoms with Gasteiger partial charge in [0.2, 0.25) is 0 Å². The summed E-state index contributed by atoms with van der Waals surface area (Å²) < 4.78 is 7.24. The molecule has 5 heteroatoms. The maximum absolute atomic E-state index is 5.59. The lowest BCUT2D eigenvalue weighted by atomic mass is 10.2. The van der Waals surface area contributed by atoms with Gasteiger partial charge in [-0.15, -0.1) is 5.10 Å². The summed E-state index contributed by atoms with van der Waals surface area (Å²) in [6, 6.07) is 0.468. The lowest BCUT2D eigenvalue weighted by molar-refractivity contribution is 0.190. The van der Waals surface area contributed by atoms with E-state index in [4.69, 9.17) is 4.74 Å². The molecular weight excluding hydrogens is 216 g/mol. The lowest BCUT2D eigenvalue weighted by Crippen LogP contribution is -2.22. The molecule has 0 spiro atoms. The van der Waals surface area contributed by atoms with Crippen LogP contribution >= 0.6 is 0 Å². The third-order valence-electron chi connectivity index (χ3n) is 2.40. The molecule has 1 unspecified atom stereocenters. The first-order chi connectivity index (χ1) is 8.08. The van der Waals surface area contributed by atoms with Crippen LogP contribution in [0.1, 0.15) is 33.6 Å². The Hall–Kier alpha value is -1.10. The van der Waals surface area contributed by atoms with Crippen molar-refractivity contribution in [3.63, 3.8) is 0 Å². The van der Waals surface area contributed by atoms with E-state index in [2.05, 4.69) is 36.2 Å². The van der Waals surface area contributed by atoms with Crippen molar-refractivity contribution in [1.29, 1.82) is 0 Å². The maximum Gasteiger partial charge on any atom is 0.335 e. The van der Waals surface area contributed by atoms with Gasteiger partial charge in [0.15, 0.2) is 0 Å². The summed E-state index contributed by atoms with van der Waals surface area (Å²) in [5.74, 6) is 0.710. The minimum atomic E-state index is 0.165. The molecule has 0 aliphatic carbocycles. The van der Waals surface area contributed by atoms with Gasteiger partial charge in [-0.3, -0.25) is 4.68 Å². The predicted octanol–water partition coefficient (Wildman–Crippen LogP) is 1.61. The van der Waals surface area contributed by atoms with Crippen LogP contribution in [0.5, 0.6) is 6.01 Å². The van der Waals surface area contributed by atoms with Crippen LogP contribution in [0.3, 0.4) is 0 Å². The molecule has 1 atom stereocenters. The topological polar surface area (TPSA) is 52.0 Å². The van der Waals surface area contributed by atoms with Gasteiger partial charge in [0, 0.05) is 7.05 Å². The standard InChI is InChI=1S/C12H24N4O/c1-10(2)8-13-7-5-6-11(3)17-12-14-9-16(4)15-12/h9-11,13H,5-8H2,1-4H3. The van der Waals surface area contributed by atoms with E-state index in [1.165, 1.54) is 0 Å². The van der Waals surface area contributed by atoms with E-state index in [-0.39, 0.29) is 6.10 Å². The molecule has 0 aromatic carbocycles. The minimum absolute atomic E-state index is 0.165. The molecule has 1 heterocycles. The second kappa shape index (κ2) is 7.27. The second-order valence-electron chi connectivity index (χ2n) is 4.87. The third-order valence-corrected chi connectivity index (χ3v) is 2.40. The highest BCUT2D eigenvalue weighted by atomic mass is 16.5. The zero-order valence-corrected chi connectivity index (χ0v) is 11.3. The van der Waals surface area contributed by atoms with Crippen molar-refractivity contribution in [2.24, 2.45) is 13.0 Å². The summed E-state index contributed by atoms with van der Waals surface area (Å²) in [4.78, 5) is 4.04. The van der Waals surface area contributed by atoms with Crippen molar-refractivity contribution in [2.75, 3.05) is 13.1 Å². The number of aromatic nitrogens is 3. The zero-order chi connectivity index (χ0) is 12.7. The quantitative estimate of drug-likeness (QED) is 0.701. The van der Waals surface area contributed by atoms with Gasteiger partial charge < -0.3 is 10.1 Å². The molecule has 1 aromatic rings. The van der Waals surface area contributed by atoms with Crippen LogP contribution in [0, 0.1) is 5.92 Å². The molecule has 0 fully saturated rings. The van der Waals surface area contributed by atoms with E-state index >= 15 is 0 Å². The largest absolute Gasteiger partial charge is 0.459 e. The normalized spacial score (nSPS) is 13.0. The number of nitrogens with zero attached hydrogens (tertiary/aromatic N) is 3. The summed E-state index contributed by atoms with van der Waals surface area (Å²) in [5.41, 5.74) is 0. The Labute approximate surface area is 104 Å². The highest BCUT2D eigenvalue weighted by Crippen LogP contribution is 2.06. The summed E-state index contributed by atoms with van der Waals surface area (Å²) in [7, 11) is 1.83. The summed E-state index contributed by atoms with van der Waals surface area (Å²) in [6.07, 6.45) is 3.94. The van der Waals surface area contributed by atoms with Crippen LogP contribution in [0.4, 0.5) is 0 Å². The molecule has 1 N–H and O–H groups in total. The van der Waals surface area contributed by atoms with E-state index < -0.39 is 0 Å². The van der Waals surface area contributed by atoms with E-state index in [9.17, 15) is 0 Å². The van der Waals surface area contributed by atoms with Crippen LogP contribution in [-0.4, -0.2) is 34.0 Å². The highest BCUT2D eigenvalue weighted by molar-refractivity contribution is 4.87. The van der Waals surface area contributed by atoms with E-state index in [1.54, 1.807) is 11.0 Å². The Balaban J connectivity index is 2.07. The Bertz CT molecular complexity index is 311. The first-order valence-corrected chi connectivity index (χ1v) is 6.31. The van der Waals surface area contributed by atoms with Crippen molar-refractivity contribution < 1.29 is 4.74 Å². The maximum atomic E-state index is 5.59. The summed E-state index contributed by atoms with van der Waals surface area (Å²) >= 11 is 0.